The molecule has 3 amide bonds. The first-order valence-corrected chi connectivity index (χ1v) is 11.9. The Morgan fingerprint density at radius 2 is 1.84 bits per heavy atom. The summed E-state index contributed by atoms with van der Waals surface area (Å²) in [6.07, 6.45) is -0.812. The van der Waals surface area contributed by atoms with Gasteiger partial charge in [0.25, 0.3) is 17.7 Å². The molecule has 0 bridgehead atoms. The number of benzene rings is 2. The molecular weight excluding hydrogens is 487 g/mol. The lowest BCUT2D eigenvalue weighted by Gasteiger charge is -2.42. The Morgan fingerprint density at radius 1 is 1.08 bits per heavy atom. The van der Waals surface area contributed by atoms with Crippen molar-refractivity contribution in [3.63, 3.8) is 0 Å². The maximum atomic E-state index is 14.6. The van der Waals surface area contributed by atoms with E-state index in [4.69, 9.17) is 4.74 Å². The van der Waals surface area contributed by atoms with Gasteiger partial charge in [0.05, 0.1) is 24.3 Å². The highest BCUT2D eigenvalue weighted by atomic mass is 19.1. The lowest BCUT2D eigenvalue weighted by Crippen LogP contribution is -2.67. The number of carbonyl (C=O) groups excluding carboxylic acids is 3. The highest BCUT2D eigenvalue weighted by Gasteiger charge is 2.61. The molecule has 2 aromatic rings. The van der Waals surface area contributed by atoms with Crippen LogP contribution in [0.1, 0.15) is 39.9 Å². The number of hydrogen-bond donors (Lipinski definition) is 5. The summed E-state index contributed by atoms with van der Waals surface area (Å²) in [5.41, 5.74) is -1.77. The fourth-order valence-corrected chi connectivity index (χ4v) is 5.01. The van der Waals surface area contributed by atoms with Crippen molar-refractivity contribution in [3.8, 4) is 0 Å². The van der Waals surface area contributed by atoms with E-state index >= 15 is 0 Å². The average molecular weight is 515 g/mol. The number of carbonyl (C=O) groups is 3. The number of hydrogen-bond acceptors (Lipinski definition) is 9. The zero-order chi connectivity index (χ0) is 26.4. The number of fused-ring (bicyclic) bond motifs is 1. The number of amides is 3. The Kier molecular flexibility index (Phi) is 6.46. The molecule has 12 heteroatoms. The molecule has 3 aliphatic heterocycles. The molecule has 3 heterocycles. The van der Waals surface area contributed by atoms with Gasteiger partial charge in [-0.3, -0.25) is 24.6 Å². The Bertz CT molecular complexity index is 1260. The number of halogens is 1. The van der Waals surface area contributed by atoms with Gasteiger partial charge in [0.1, 0.15) is 5.82 Å². The lowest BCUT2D eigenvalue weighted by atomic mass is 9.99. The second-order valence-electron chi connectivity index (χ2n) is 9.37. The van der Waals surface area contributed by atoms with Gasteiger partial charge in [0.2, 0.25) is 11.6 Å². The predicted molar refractivity (Wildman–Crippen MR) is 126 cm³/mol. The van der Waals surface area contributed by atoms with Gasteiger partial charge in [-0.15, -0.1) is 0 Å². The molecule has 0 saturated carbocycles. The summed E-state index contributed by atoms with van der Waals surface area (Å²) < 4.78 is 20.0. The van der Waals surface area contributed by atoms with Crippen LogP contribution >= 0.6 is 0 Å². The molecule has 1 atom stereocenters. The maximum absolute atomic E-state index is 14.6. The van der Waals surface area contributed by atoms with Crippen molar-refractivity contribution in [2.24, 2.45) is 0 Å². The highest BCUT2D eigenvalue weighted by Crippen LogP contribution is 2.45. The molecule has 1 unspecified atom stereocenters. The molecule has 37 heavy (non-hydrogen) atoms. The van der Waals surface area contributed by atoms with Gasteiger partial charge in [0, 0.05) is 50.3 Å². The third-order valence-electron chi connectivity index (χ3n) is 6.92. The minimum absolute atomic E-state index is 0.0389. The molecular formula is C25H27FN4O7. The summed E-state index contributed by atoms with van der Waals surface area (Å²) in [7, 11) is 0. The average Bonchev–Trinajstić information content (AvgIpc) is 3.08. The number of anilines is 1. The Labute approximate surface area is 211 Å². The summed E-state index contributed by atoms with van der Waals surface area (Å²) in [5.74, 6) is -6.43. The number of nitrogens with zero attached hydrogens (tertiary/aromatic N) is 2. The zero-order valence-corrected chi connectivity index (χ0v) is 19.9. The monoisotopic (exact) mass is 514 g/mol. The van der Waals surface area contributed by atoms with Gasteiger partial charge >= 0.3 is 0 Å². The van der Waals surface area contributed by atoms with E-state index in [1.165, 1.54) is 24.3 Å². The molecule has 196 valence electrons. The molecule has 2 saturated heterocycles. The van der Waals surface area contributed by atoms with Crippen molar-refractivity contribution < 1.29 is 38.8 Å². The molecule has 2 aromatic carbocycles. The first-order valence-electron chi connectivity index (χ1n) is 11.9. The van der Waals surface area contributed by atoms with Gasteiger partial charge in [-0.1, -0.05) is 12.1 Å². The molecule has 2 fully saturated rings. The van der Waals surface area contributed by atoms with E-state index in [0.29, 0.717) is 25.3 Å². The van der Waals surface area contributed by atoms with Crippen LogP contribution in [0.3, 0.4) is 0 Å². The van der Waals surface area contributed by atoms with Crippen LogP contribution < -0.4 is 10.6 Å². The van der Waals surface area contributed by atoms with Crippen molar-refractivity contribution >= 4 is 23.4 Å². The number of piperidine rings is 1. The minimum atomic E-state index is -3.08. The molecule has 11 nitrogen and oxygen atoms in total. The molecule has 5 rings (SSSR count). The van der Waals surface area contributed by atoms with Gasteiger partial charge in [0.15, 0.2) is 0 Å². The number of nitrogens with one attached hydrogen (secondary N) is 2. The summed E-state index contributed by atoms with van der Waals surface area (Å²) in [4.78, 5) is 39.6. The maximum Gasteiger partial charge on any atom is 0.283 e. The van der Waals surface area contributed by atoms with Crippen LogP contribution in [0.25, 0.3) is 0 Å². The molecule has 0 radical (unpaired) electrons. The SMILES string of the molecule is O=C1CCC(O)(N2C(=O)c3cccc(NCc4cc(CN5CCOCC5)ccc4F)c3C2(O)O)C(=O)N1. The predicted octanol–water partition coefficient (Wildman–Crippen LogP) is -0.0541. The molecule has 0 aliphatic carbocycles. The Morgan fingerprint density at radius 3 is 2.57 bits per heavy atom. The molecule has 3 aliphatic rings. The van der Waals surface area contributed by atoms with Crippen molar-refractivity contribution in [2.75, 3.05) is 31.6 Å². The summed E-state index contributed by atoms with van der Waals surface area (Å²) in [5, 5.41) is 37.9. The van der Waals surface area contributed by atoms with E-state index in [2.05, 4.69) is 10.2 Å². The second-order valence-corrected chi connectivity index (χ2v) is 9.37. The molecule has 0 aromatic heterocycles. The largest absolute Gasteiger partial charge is 0.380 e. The molecule has 0 spiro atoms. The zero-order valence-electron chi connectivity index (χ0n) is 19.9. The van der Waals surface area contributed by atoms with Crippen LogP contribution in [0, 0.1) is 5.82 Å². The summed E-state index contributed by atoms with van der Waals surface area (Å²) >= 11 is 0. The minimum Gasteiger partial charge on any atom is -0.380 e. The first-order chi connectivity index (χ1) is 17.6. The van der Waals surface area contributed by atoms with Crippen molar-refractivity contribution in [1.29, 1.82) is 0 Å². The fourth-order valence-electron chi connectivity index (χ4n) is 5.01. The van der Waals surface area contributed by atoms with Gasteiger partial charge in [-0.2, -0.15) is 0 Å². The lowest BCUT2D eigenvalue weighted by molar-refractivity contribution is -0.302. The third-order valence-corrected chi connectivity index (χ3v) is 6.92. The number of imide groups is 1. The van der Waals surface area contributed by atoms with Crippen LogP contribution in [-0.2, 0) is 33.3 Å². The second kappa shape index (κ2) is 9.47. The van der Waals surface area contributed by atoms with Crippen LogP contribution in [-0.4, -0.2) is 74.9 Å². The standard InChI is InChI=1S/C25H27FN4O7/c26-18-5-4-15(14-29-8-10-37-11-9-29)12-16(18)13-27-19-3-1-2-17-21(19)25(35,36)30(22(17)32)24(34)7-6-20(31)28-23(24)33/h1-5,12,27,34-36H,6-11,13-14H2,(H,28,31,33). The van der Waals surface area contributed by atoms with Gasteiger partial charge < -0.3 is 25.4 Å². The number of ether oxygens (including phenoxy) is 1. The Balaban J connectivity index is 1.39. The van der Waals surface area contributed by atoms with Crippen molar-refractivity contribution in [3.05, 3.63) is 64.5 Å². The van der Waals surface area contributed by atoms with E-state index < -0.39 is 41.6 Å². The van der Waals surface area contributed by atoms with Gasteiger partial charge in [-0.05, 0) is 29.8 Å². The third kappa shape index (κ3) is 4.47. The van der Waals surface area contributed by atoms with Gasteiger partial charge in [-0.25, -0.2) is 9.29 Å². The van der Waals surface area contributed by atoms with E-state index in [1.807, 2.05) is 5.32 Å². The number of rotatable bonds is 6. The quantitative estimate of drug-likeness (QED) is 0.264. The van der Waals surface area contributed by atoms with E-state index in [1.54, 1.807) is 12.1 Å². The number of aliphatic hydroxyl groups is 3. The normalized spacial score (nSPS) is 23.7. The van der Waals surface area contributed by atoms with Crippen LogP contribution in [0.4, 0.5) is 10.1 Å². The Hall–Kier alpha value is -3.42. The summed E-state index contributed by atoms with van der Waals surface area (Å²) in [6.45, 7) is 3.42. The first kappa shape index (κ1) is 25.2. The van der Waals surface area contributed by atoms with E-state index in [-0.39, 0.29) is 34.7 Å². The molecule has 5 N–H and O–H groups in total. The highest BCUT2D eigenvalue weighted by molar-refractivity contribution is 6.08. The van der Waals surface area contributed by atoms with E-state index in [9.17, 15) is 34.1 Å². The summed E-state index contributed by atoms with van der Waals surface area (Å²) in [6, 6.07) is 9.07. The van der Waals surface area contributed by atoms with Crippen molar-refractivity contribution in [1.82, 2.24) is 15.1 Å². The number of morpholine rings is 1. The van der Waals surface area contributed by atoms with E-state index in [0.717, 1.165) is 18.7 Å². The smallest absolute Gasteiger partial charge is 0.283 e. The van der Waals surface area contributed by atoms with Crippen LogP contribution in [0.15, 0.2) is 36.4 Å². The van der Waals surface area contributed by atoms with Crippen LogP contribution in [0.5, 0.6) is 0 Å². The van der Waals surface area contributed by atoms with Crippen LogP contribution in [0.2, 0.25) is 0 Å². The topological polar surface area (TPSA) is 152 Å². The van der Waals surface area contributed by atoms with Crippen molar-refractivity contribution in [2.45, 2.75) is 37.6 Å². The fraction of sp³-hybridized carbons (Fsp3) is 0.400.